The first-order valence-electron chi connectivity index (χ1n) is 8.13. The number of methoxy groups -OCH3 is 1. The normalized spacial score (nSPS) is 13.9. The first kappa shape index (κ1) is 18.5. The lowest BCUT2D eigenvalue weighted by Crippen LogP contribution is -2.25. The summed E-state index contributed by atoms with van der Waals surface area (Å²) in [4.78, 5) is 12.2. The third-order valence-electron chi connectivity index (χ3n) is 4.06. The molecule has 2 aromatic carbocycles. The van der Waals surface area contributed by atoms with Crippen LogP contribution in [0.15, 0.2) is 47.4 Å². The first-order valence-corrected chi connectivity index (χ1v) is 10.00. The summed E-state index contributed by atoms with van der Waals surface area (Å²) in [6.07, 6.45) is 2.25. The van der Waals surface area contributed by atoms with E-state index < -0.39 is 10.0 Å². The molecular formula is C18H19ClN2O4S. The van der Waals surface area contributed by atoms with Crippen LogP contribution in [0.25, 0.3) is 0 Å². The van der Waals surface area contributed by atoms with Crippen molar-refractivity contribution in [2.24, 2.45) is 5.92 Å². The van der Waals surface area contributed by atoms with Gasteiger partial charge in [0.2, 0.25) is 0 Å². The van der Waals surface area contributed by atoms with Gasteiger partial charge in [0, 0.05) is 17.1 Å². The molecule has 0 spiro atoms. The van der Waals surface area contributed by atoms with Crippen LogP contribution in [0.3, 0.4) is 0 Å². The minimum absolute atomic E-state index is 0.0152. The number of sulfonamides is 1. The fraction of sp³-hybridized carbons (Fsp3) is 0.278. The van der Waals surface area contributed by atoms with Crippen LogP contribution in [-0.2, 0) is 10.0 Å². The van der Waals surface area contributed by atoms with Gasteiger partial charge in [-0.3, -0.25) is 9.52 Å². The third kappa shape index (κ3) is 4.47. The summed E-state index contributed by atoms with van der Waals surface area (Å²) in [6, 6.07) is 10.5. The summed E-state index contributed by atoms with van der Waals surface area (Å²) in [5, 5.41) is 3.20. The van der Waals surface area contributed by atoms with Crippen molar-refractivity contribution in [3.8, 4) is 5.75 Å². The zero-order chi connectivity index (χ0) is 18.7. The van der Waals surface area contributed by atoms with Crippen LogP contribution < -0.4 is 14.8 Å². The Kier molecular flexibility index (Phi) is 5.38. The predicted octanol–water partition coefficient (Wildman–Crippen LogP) is 3.29. The quantitative estimate of drug-likeness (QED) is 0.754. The van der Waals surface area contributed by atoms with Crippen molar-refractivity contribution in [1.82, 2.24) is 5.32 Å². The van der Waals surface area contributed by atoms with Crippen molar-refractivity contribution < 1.29 is 17.9 Å². The molecule has 0 radical (unpaired) electrons. The molecule has 1 aliphatic carbocycles. The second kappa shape index (κ2) is 7.55. The maximum Gasteiger partial charge on any atom is 0.262 e. The van der Waals surface area contributed by atoms with E-state index in [9.17, 15) is 13.2 Å². The van der Waals surface area contributed by atoms with Gasteiger partial charge in [-0.1, -0.05) is 17.7 Å². The molecule has 6 nitrogen and oxygen atoms in total. The number of nitrogens with one attached hydrogen (secondary N) is 2. The van der Waals surface area contributed by atoms with E-state index in [1.807, 2.05) is 0 Å². The van der Waals surface area contributed by atoms with Gasteiger partial charge in [-0.15, -0.1) is 0 Å². The number of hydrogen-bond acceptors (Lipinski definition) is 4. The van der Waals surface area contributed by atoms with E-state index in [2.05, 4.69) is 10.0 Å². The Morgan fingerprint density at radius 1 is 1.23 bits per heavy atom. The van der Waals surface area contributed by atoms with Crippen LogP contribution in [0.4, 0.5) is 5.69 Å². The minimum atomic E-state index is -3.91. The molecule has 1 fully saturated rings. The number of carbonyl (C=O) groups excluding carboxylic acids is 1. The molecule has 0 heterocycles. The number of halogens is 1. The van der Waals surface area contributed by atoms with Crippen LogP contribution in [0.2, 0.25) is 5.02 Å². The number of hydrogen-bond donors (Lipinski definition) is 2. The Morgan fingerprint density at radius 3 is 2.69 bits per heavy atom. The molecule has 26 heavy (non-hydrogen) atoms. The van der Waals surface area contributed by atoms with E-state index in [1.54, 1.807) is 18.2 Å². The van der Waals surface area contributed by atoms with Crippen molar-refractivity contribution in [2.45, 2.75) is 17.7 Å². The molecule has 0 aliphatic heterocycles. The second-order valence-electron chi connectivity index (χ2n) is 6.13. The standard InChI is InChI=1S/C18H19ClN2O4S/c1-25-17-8-7-14(19)10-16(17)21-26(23,24)15-4-2-3-13(9-15)18(22)20-11-12-5-6-12/h2-4,7-10,12,21H,5-6,11H2,1H3,(H,20,22). The van der Waals surface area contributed by atoms with Gasteiger partial charge in [0.25, 0.3) is 15.9 Å². The van der Waals surface area contributed by atoms with Gasteiger partial charge in [-0.2, -0.15) is 0 Å². The molecule has 3 rings (SSSR count). The van der Waals surface area contributed by atoms with Crippen molar-refractivity contribution in [3.05, 3.63) is 53.1 Å². The highest BCUT2D eigenvalue weighted by molar-refractivity contribution is 7.92. The lowest BCUT2D eigenvalue weighted by Gasteiger charge is -2.13. The third-order valence-corrected chi connectivity index (χ3v) is 5.66. The molecule has 2 aromatic rings. The summed E-state index contributed by atoms with van der Waals surface area (Å²) in [5.41, 5.74) is 0.523. The Balaban J connectivity index is 1.81. The number of benzene rings is 2. The summed E-state index contributed by atoms with van der Waals surface area (Å²) in [5.74, 6) is 0.605. The van der Waals surface area contributed by atoms with Crippen LogP contribution in [-0.4, -0.2) is 28.0 Å². The van der Waals surface area contributed by atoms with Gasteiger partial charge in [0.15, 0.2) is 0 Å². The smallest absolute Gasteiger partial charge is 0.262 e. The molecule has 0 saturated heterocycles. The van der Waals surface area contributed by atoms with Crippen LogP contribution >= 0.6 is 11.6 Å². The molecule has 0 aromatic heterocycles. The molecule has 0 unspecified atom stereocenters. The molecule has 1 amide bonds. The molecule has 1 saturated carbocycles. The molecule has 138 valence electrons. The SMILES string of the molecule is COc1ccc(Cl)cc1NS(=O)(=O)c1cccc(C(=O)NCC2CC2)c1. The van der Waals surface area contributed by atoms with Crippen molar-refractivity contribution in [1.29, 1.82) is 0 Å². The van der Waals surface area contributed by atoms with E-state index in [-0.39, 0.29) is 16.5 Å². The number of rotatable bonds is 7. The Bertz CT molecular complexity index is 927. The van der Waals surface area contributed by atoms with Crippen molar-refractivity contribution in [2.75, 3.05) is 18.4 Å². The fourth-order valence-corrected chi connectivity index (χ4v) is 3.71. The molecule has 0 bridgehead atoms. The van der Waals surface area contributed by atoms with Crippen LogP contribution in [0.5, 0.6) is 5.75 Å². The zero-order valence-electron chi connectivity index (χ0n) is 14.2. The average Bonchev–Trinajstić information content (AvgIpc) is 3.44. The lowest BCUT2D eigenvalue weighted by atomic mass is 10.2. The summed E-state index contributed by atoms with van der Waals surface area (Å²) in [7, 11) is -2.47. The highest BCUT2D eigenvalue weighted by Crippen LogP contribution is 2.30. The predicted molar refractivity (Wildman–Crippen MR) is 100 cm³/mol. The van der Waals surface area contributed by atoms with E-state index in [0.717, 1.165) is 12.8 Å². The summed E-state index contributed by atoms with van der Waals surface area (Å²) < 4.78 is 33.0. The van der Waals surface area contributed by atoms with Gasteiger partial charge in [-0.25, -0.2) is 8.42 Å². The Labute approximate surface area is 157 Å². The van der Waals surface area contributed by atoms with E-state index in [4.69, 9.17) is 16.3 Å². The van der Waals surface area contributed by atoms with E-state index in [0.29, 0.717) is 28.8 Å². The fourth-order valence-electron chi connectivity index (χ4n) is 2.43. The molecular weight excluding hydrogens is 376 g/mol. The number of carbonyl (C=O) groups is 1. The highest BCUT2D eigenvalue weighted by Gasteiger charge is 2.23. The van der Waals surface area contributed by atoms with Crippen LogP contribution in [0, 0.1) is 5.92 Å². The largest absolute Gasteiger partial charge is 0.495 e. The maximum absolute atomic E-state index is 12.7. The zero-order valence-corrected chi connectivity index (χ0v) is 15.7. The number of anilines is 1. The lowest BCUT2D eigenvalue weighted by molar-refractivity contribution is 0.0951. The van der Waals surface area contributed by atoms with Gasteiger partial charge >= 0.3 is 0 Å². The van der Waals surface area contributed by atoms with Crippen molar-refractivity contribution >= 4 is 33.2 Å². The highest BCUT2D eigenvalue weighted by atomic mass is 35.5. The molecule has 8 heteroatoms. The molecule has 0 atom stereocenters. The number of ether oxygens (including phenoxy) is 1. The molecule has 2 N–H and O–H groups in total. The molecule has 1 aliphatic rings. The van der Waals surface area contributed by atoms with Crippen LogP contribution in [0.1, 0.15) is 23.2 Å². The van der Waals surface area contributed by atoms with E-state index in [1.165, 1.54) is 31.4 Å². The number of amides is 1. The van der Waals surface area contributed by atoms with Gasteiger partial charge < -0.3 is 10.1 Å². The maximum atomic E-state index is 12.7. The Hall–Kier alpha value is -2.25. The topological polar surface area (TPSA) is 84.5 Å². The second-order valence-corrected chi connectivity index (χ2v) is 8.25. The van der Waals surface area contributed by atoms with Gasteiger partial charge in [-0.05, 0) is 55.2 Å². The van der Waals surface area contributed by atoms with Gasteiger partial charge in [0.05, 0.1) is 17.7 Å². The van der Waals surface area contributed by atoms with E-state index >= 15 is 0 Å². The first-order chi connectivity index (χ1) is 12.4. The van der Waals surface area contributed by atoms with Gasteiger partial charge in [0.1, 0.15) is 5.75 Å². The average molecular weight is 395 g/mol. The monoisotopic (exact) mass is 394 g/mol. The summed E-state index contributed by atoms with van der Waals surface area (Å²) in [6.45, 7) is 0.619. The minimum Gasteiger partial charge on any atom is -0.495 e. The summed E-state index contributed by atoms with van der Waals surface area (Å²) >= 11 is 5.94. The Morgan fingerprint density at radius 2 is 2.00 bits per heavy atom. The van der Waals surface area contributed by atoms with Crippen molar-refractivity contribution in [3.63, 3.8) is 0 Å².